The molecule has 2 bridgehead atoms. The summed E-state index contributed by atoms with van der Waals surface area (Å²) in [5.74, 6) is -0.443. The van der Waals surface area contributed by atoms with Gasteiger partial charge >= 0.3 is 18.3 Å². The molecule has 5 heterocycles. The number of urea groups is 1. The van der Waals surface area contributed by atoms with Crippen LogP contribution in [0.5, 0.6) is 0 Å². The molecule has 3 atom stereocenters. The first-order valence-corrected chi connectivity index (χ1v) is 18.2. The molecule has 2 aromatic rings. The van der Waals surface area contributed by atoms with Gasteiger partial charge in [0.15, 0.2) is 6.10 Å². The minimum atomic E-state index is -4.76. The minimum Gasteiger partial charge on any atom is -0.436 e. The number of nitrogens with one attached hydrogen (secondary N) is 1. The van der Waals surface area contributed by atoms with Crippen molar-refractivity contribution in [2.45, 2.75) is 81.4 Å². The number of nitrogens with zero attached hydrogens (tertiary/aromatic N) is 5. The summed E-state index contributed by atoms with van der Waals surface area (Å²) in [6.45, 7) is 4.13. The SMILES string of the molecule is CN1CC2CC1CN2C1CCN(C(=O)[C@@H](Cc2cc(Cl)c(N)c(C(F)(F)F)c2)OC(=O)N2CCC(N3CCc4ccccc4NC3=O)CC2)CC1. The van der Waals surface area contributed by atoms with Gasteiger partial charge in [-0.3, -0.25) is 9.69 Å². The molecule has 3 N–H and O–H groups in total. The Kier molecular flexibility index (Phi) is 10.0. The molecule has 51 heavy (non-hydrogen) atoms. The minimum absolute atomic E-state index is 0.0895. The highest BCUT2D eigenvalue weighted by Crippen LogP contribution is 2.39. The number of para-hydroxylation sites is 1. The number of likely N-dealkylation sites (N-methyl/N-ethyl adjacent to an activating group) is 1. The number of fused-ring (bicyclic) bond motifs is 3. The third-order valence-electron chi connectivity index (χ3n) is 11.5. The quantitative estimate of drug-likeness (QED) is 0.406. The van der Waals surface area contributed by atoms with Crippen LogP contribution in [0.1, 0.15) is 48.8 Å². The Morgan fingerprint density at radius 3 is 2.31 bits per heavy atom. The number of benzene rings is 2. The van der Waals surface area contributed by atoms with E-state index in [1.165, 1.54) is 11.0 Å². The van der Waals surface area contributed by atoms with Gasteiger partial charge in [0, 0.05) is 82.1 Å². The first-order valence-electron chi connectivity index (χ1n) is 17.9. The van der Waals surface area contributed by atoms with Gasteiger partial charge in [0.2, 0.25) is 0 Å². The van der Waals surface area contributed by atoms with E-state index < -0.39 is 35.5 Å². The Bertz CT molecular complexity index is 1640. The second kappa shape index (κ2) is 14.3. The van der Waals surface area contributed by atoms with E-state index in [9.17, 15) is 27.6 Å². The maximum atomic E-state index is 14.1. The molecule has 15 heteroatoms. The first kappa shape index (κ1) is 35.6. The van der Waals surface area contributed by atoms with Crippen LogP contribution in [0.15, 0.2) is 36.4 Å². The normalized spacial score (nSPS) is 24.3. The topological polar surface area (TPSA) is 115 Å². The van der Waals surface area contributed by atoms with Crippen LogP contribution in [0.25, 0.3) is 0 Å². The van der Waals surface area contributed by atoms with Crippen molar-refractivity contribution in [1.82, 2.24) is 24.5 Å². The summed E-state index contributed by atoms with van der Waals surface area (Å²) in [4.78, 5) is 50.7. The van der Waals surface area contributed by atoms with Gasteiger partial charge in [-0.2, -0.15) is 13.2 Å². The van der Waals surface area contributed by atoms with Gasteiger partial charge in [0.05, 0.1) is 16.3 Å². The van der Waals surface area contributed by atoms with Crippen molar-refractivity contribution in [1.29, 1.82) is 0 Å². The van der Waals surface area contributed by atoms with Crippen molar-refractivity contribution in [2.24, 2.45) is 0 Å². The number of rotatable bonds is 6. The van der Waals surface area contributed by atoms with Crippen LogP contribution in [-0.2, 0) is 28.5 Å². The van der Waals surface area contributed by atoms with Gasteiger partial charge in [-0.25, -0.2) is 9.59 Å². The molecule has 0 radical (unpaired) electrons. The number of likely N-dealkylation sites (tertiary alicyclic amines) is 4. The molecule has 4 saturated heterocycles. The number of hydrogen-bond acceptors (Lipinski definition) is 7. The number of piperidine rings is 2. The molecule has 0 saturated carbocycles. The lowest BCUT2D eigenvalue weighted by Crippen LogP contribution is -2.55. The van der Waals surface area contributed by atoms with E-state index in [1.54, 1.807) is 4.90 Å². The van der Waals surface area contributed by atoms with Crippen LogP contribution in [0.3, 0.4) is 0 Å². The van der Waals surface area contributed by atoms with Crippen molar-refractivity contribution in [3.63, 3.8) is 0 Å². The Balaban J connectivity index is 1.02. The fourth-order valence-electron chi connectivity index (χ4n) is 8.68. The van der Waals surface area contributed by atoms with Crippen molar-refractivity contribution in [2.75, 3.05) is 63.9 Å². The van der Waals surface area contributed by atoms with Gasteiger partial charge in [0.25, 0.3) is 5.91 Å². The van der Waals surface area contributed by atoms with E-state index in [4.69, 9.17) is 22.1 Å². The summed E-state index contributed by atoms with van der Waals surface area (Å²) in [5.41, 5.74) is 5.92. The predicted molar refractivity (Wildman–Crippen MR) is 186 cm³/mol. The van der Waals surface area contributed by atoms with Crippen LogP contribution in [0.2, 0.25) is 5.02 Å². The number of ether oxygens (including phenoxy) is 1. The van der Waals surface area contributed by atoms with E-state index in [0.717, 1.165) is 49.7 Å². The smallest absolute Gasteiger partial charge is 0.418 e. The maximum Gasteiger partial charge on any atom is 0.418 e. The summed E-state index contributed by atoms with van der Waals surface area (Å²) in [7, 11) is 2.16. The number of nitrogen functional groups attached to an aromatic ring is 1. The summed E-state index contributed by atoms with van der Waals surface area (Å²) in [6.07, 6.45) is -2.69. The zero-order valence-electron chi connectivity index (χ0n) is 28.7. The average Bonchev–Trinajstić information content (AvgIpc) is 3.64. The Morgan fingerprint density at radius 2 is 1.65 bits per heavy atom. The lowest BCUT2D eigenvalue weighted by Gasteiger charge is -2.42. The Labute approximate surface area is 300 Å². The molecule has 2 aromatic carbocycles. The number of alkyl halides is 3. The molecule has 11 nitrogen and oxygen atoms in total. The monoisotopic (exact) mass is 731 g/mol. The second-order valence-corrected chi connectivity index (χ2v) is 15.0. The van der Waals surface area contributed by atoms with Crippen molar-refractivity contribution < 1.29 is 32.3 Å². The number of piperazine rings is 1. The summed E-state index contributed by atoms with van der Waals surface area (Å²) in [6, 6.07) is 11.0. The number of halogens is 4. The number of anilines is 2. The first-order chi connectivity index (χ1) is 24.4. The van der Waals surface area contributed by atoms with E-state index in [1.807, 2.05) is 29.2 Å². The molecule has 0 aromatic heterocycles. The molecule has 5 aliphatic heterocycles. The van der Waals surface area contributed by atoms with E-state index in [2.05, 4.69) is 22.2 Å². The summed E-state index contributed by atoms with van der Waals surface area (Å²) in [5, 5.41) is 2.71. The molecular formula is C36H45ClF3N7O4. The number of hydrogen-bond donors (Lipinski definition) is 2. The van der Waals surface area contributed by atoms with Gasteiger partial charge in [-0.15, -0.1) is 0 Å². The van der Waals surface area contributed by atoms with Crippen LogP contribution >= 0.6 is 11.6 Å². The number of carbonyl (C=O) groups is 3. The predicted octanol–water partition coefficient (Wildman–Crippen LogP) is 4.92. The summed E-state index contributed by atoms with van der Waals surface area (Å²) >= 11 is 6.13. The van der Waals surface area contributed by atoms with E-state index in [-0.39, 0.29) is 29.1 Å². The summed E-state index contributed by atoms with van der Waals surface area (Å²) < 4.78 is 47.4. The standard InChI is InChI=1S/C36H45ClF3N7O4/c1-43-20-27-19-26(43)21-47(27)25-7-11-44(12-8-25)33(48)31(18-22-16-28(36(38,39)40)32(41)29(37)17-22)51-35(50)45-13-9-24(10-14-45)46-15-6-23-4-2-3-5-30(23)42-34(46)49/h2-5,16-17,24-27,31H,6-15,18-21,41H2,1H3,(H,42,49)/t26?,27?,31-/m1/s1. The Morgan fingerprint density at radius 1 is 0.961 bits per heavy atom. The van der Waals surface area contributed by atoms with Crippen LogP contribution in [0.4, 0.5) is 34.1 Å². The molecule has 7 rings (SSSR count). The molecule has 4 fully saturated rings. The highest BCUT2D eigenvalue weighted by molar-refractivity contribution is 6.33. The highest BCUT2D eigenvalue weighted by Gasteiger charge is 2.45. The highest BCUT2D eigenvalue weighted by atomic mass is 35.5. The Hall–Kier alpha value is -3.75. The molecule has 0 spiro atoms. The van der Waals surface area contributed by atoms with E-state index in [0.29, 0.717) is 70.1 Å². The zero-order chi connectivity index (χ0) is 36.0. The molecule has 2 unspecified atom stereocenters. The lowest BCUT2D eigenvalue weighted by molar-refractivity contribution is -0.142. The van der Waals surface area contributed by atoms with Crippen molar-refractivity contribution in [3.05, 3.63) is 58.1 Å². The molecule has 276 valence electrons. The molecule has 5 aliphatic rings. The third kappa shape index (κ3) is 7.45. The van der Waals surface area contributed by atoms with Crippen molar-refractivity contribution >= 4 is 41.0 Å². The number of amides is 4. The fraction of sp³-hybridized carbons (Fsp3) is 0.583. The second-order valence-electron chi connectivity index (χ2n) is 14.6. The average molecular weight is 732 g/mol. The molecular weight excluding hydrogens is 687 g/mol. The molecule has 4 amide bonds. The van der Waals surface area contributed by atoms with Gasteiger partial charge < -0.3 is 35.4 Å². The number of carbonyl (C=O) groups excluding carboxylic acids is 3. The fourth-order valence-corrected chi connectivity index (χ4v) is 8.92. The lowest BCUT2D eigenvalue weighted by atomic mass is 9.99. The zero-order valence-corrected chi connectivity index (χ0v) is 29.5. The largest absolute Gasteiger partial charge is 0.436 e. The van der Waals surface area contributed by atoms with Gasteiger partial charge in [0.1, 0.15) is 0 Å². The third-order valence-corrected chi connectivity index (χ3v) is 11.9. The molecule has 0 aliphatic carbocycles. The van der Waals surface area contributed by atoms with Crippen molar-refractivity contribution in [3.8, 4) is 0 Å². The maximum absolute atomic E-state index is 14.1. The van der Waals surface area contributed by atoms with Crippen LogP contribution < -0.4 is 11.1 Å². The van der Waals surface area contributed by atoms with E-state index >= 15 is 0 Å². The van der Waals surface area contributed by atoms with Crippen LogP contribution in [-0.4, -0.2) is 126 Å². The van der Waals surface area contributed by atoms with Gasteiger partial charge in [-0.1, -0.05) is 29.8 Å². The van der Waals surface area contributed by atoms with Crippen LogP contribution in [0, 0.1) is 0 Å². The van der Waals surface area contributed by atoms with Gasteiger partial charge in [-0.05, 0) is 74.9 Å². The number of nitrogens with two attached hydrogens (primary N) is 1.